The lowest BCUT2D eigenvalue weighted by Gasteiger charge is -2.23. The zero-order chi connectivity index (χ0) is 21.1. The second-order valence-corrected chi connectivity index (χ2v) is 7.22. The number of carbonyl (C=O) groups excluding carboxylic acids is 1. The molecule has 0 aliphatic carbocycles. The van der Waals surface area contributed by atoms with E-state index in [1.165, 1.54) is 10.1 Å². The van der Waals surface area contributed by atoms with Crippen molar-refractivity contribution < 1.29 is 4.79 Å². The van der Waals surface area contributed by atoms with E-state index in [9.17, 15) is 9.59 Å². The molecule has 7 nitrogen and oxygen atoms in total. The predicted octanol–water partition coefficient (Wildman–Crippen LogP) is 3.15. The molecule has 2 aromatic heterocycles. The third kappa shape index (κ3) is 3.96. The number of nitrogens with one attached hydrogen (secondary N) is 2. The van der Waals surface area contributed by atoms with Crippen molar-refractivity contribution in [2.45, 2.75) is 19.9 Å². The van der Waals surface area contributed by atoms with E-state index in [4.69, 9.17) is 0 Å². The van der Waals surface area contributed by atoms with Gasteiger partial charge in [-0.05, 0) is 24.6 Å². The van der Waals surface area contributed by atoms with Crippen molar-refractivity contribution in [3.8, 4) is 0 Å². The van der Waals surface area contributed by atoms with Gasteiger partial charge in [-0.1, -0.05) is 42.5 Å². The van der Waals surface area contributed by atoms with Crippen LogP contribution in [0, 0.1) is 6.92 Å². The van der Waals surface area contributed by atoms with Crippen LogP contribution in [0.4, 0.5) is 11.4 Å². The summed E-state index contributed by atoms with van der Waals surface area (Å²) in [6, 6.07) is 19.5. The van der Waals surface area contributed by atoms with Gasteiger partial charge in [0.1, 0.15) is 0 Å². The molecule has 0 aliphatic heterocycles. The van der Waals surface area contributed by atoms with Gasteiger partial charge in [0, 0.05) is 37.1 Å². The highest BCUT2D eigenvalue weighted by molar-refractivity contribution is 5.95. The number of H-pyrrole nitrogens is 1. The van der Waals surface area contributed by atoms with Gasteiger partial charge in [0.2, 0.25) is 5.91 Å². The molecule has 2 heterocycles. The van der Waals surface area contributed by atoms with E-state index in [1.807, 2.05) is 49.5 Å². The summed E-state index contributed by atoms with van der Waals surface area (Å²) < 4.78 is 1.34. The molecule has 4 aromatic rings. The van der Waals surface area contributed by atoms with Crippen LogP contribution in [-0.4, -0.2) is 27.6 Å². The first-order chi connectivity index (χ1) is 14.5. The van der Waals surface area contributed by atoms with E-state index < -0.39 is 0 Å². The van der Waals surface area contributed by atoms with Crippen molar-refractivity contribution >= 4 is 22.9 Å². The zero-order valence-electron chi connectivity index (χ0n) is 16.9. The normalized spacial score (nSPS) is 10.9. The molecule has 0 fully saturated rings. The standard InChI is InChI=1S/C23H23N5O2/c1-16-18(23(30)28-21(25-16)12-13-24-28)14-22(29)26-19-10-6-7-11-20(19)27(2)15-17-8-4-3-5-9-17/h3-13,24H,14-15H2,1-2H3,(H,26,29). The molecule has 0 atom stereocenters. The fourth-order valence-corrected chi connectivity index (χ4v) is 3.52. The number of para-hydroxylation sites is 2. The van der Waals surface area contributed by atoms with Crippen molar-refractivity contribution in [1.29, 1.82) is 0 Å². The number of benzene rings is 2. The Hall–Kier alpha value is -3.87. The lowest BCUT2D eigenvalue weighted by atomic mass is 10.1. The molecule has 1 amide bonds. The first-order valence-electron chi connectivity index (χ1n) is 9.72. The highest BCUT2D eigenvalue weighted by Crippen LogP contribution is 2.26. The SMILES string of the molecule is Cc1nc2cc[nH]n2c(=O)c1CC(=O)Nc1ccccc1N(C)Cc1ccccc1. The Bertz CT molecular complexity index is 1240. The maximum atomic E-state index is 12.8. The van der Waals surface area contributed by atoms with Crippen LogP contribution in [0.5, 0.6) is 0 Å². The van der Waals surface area contributed by atoms with E-state index in [2.05, 4.69) is 32.4 Å². The third-order valence-corrected chi connectivity index (χ3v) is 5.03. The number of fused-ring (bicyclic) bond motifs is 1. The monoisotopic (exact) mass is 401 g/mol. The van der Waals surface area contributed by atoms with Crippen LogP contribution in [0.1, 0.15) is 16.8 Å². The van der Waals surface area contributed by atoms with E-state index in [0.29, 0.717) is 29.1 Å². The van der Waals surface area contributed by atoms with Crippen LogP contribution in [0.25, 0.3) is 5.65 Å². The minimum atomic E-state index is -0.260. The number of carbonyl (C=O) groups is 1. The second-order valence-electron chi connectivity index (χ2n) is 7.22. The quantitative estimate of drug-likeness (QED) is 0.520. The van der Waals surface area contributed by atoms with Gasteiger partial charge in [-0.15, -0.1) is 0 Å². The lowest BCUT2D eigenvalue weighted by molar-refractivity contribution is -0.115. The van der Waals surface area contributed by atoms with Crippen molar-refractivity contribution in [1.82, 2.24) is 14.6 Å². The summed E-state index contributed by atoms with van der Waals surface area (Å²) in [6.07, 6.45) is 1.60. The molecule has 0 aliphatic rings. The number of amides is 1. The summed E-state index contributed by atoms with van der Waals surface area (Å²) in [4.78, 5) is 31.9. The molecule has 0 saturated carbocycles. The average Bonchev–Trinajstić information content (AvgIpc) is 3.21. The van der Waals surface area contributed by atoms with E-state index in [-0.39, 0.29) is 17.9 Å². The topological polar surface area (TPSA) is 82.5 Å². The number of hydrogen-bond acceptors (Lipinski definition) is 4. The third-order valence-electron chi connectivity index (χ3n) is 5.03. The Labute approximate surface area is 174 Å². The fraction of sp³-hybridized carbons (Fsp3) is 0.174. The molecule has 30 heavy (non-hydrogen) atoms. The Morgan fingerprint density at radius 2 is 1.83 bits per heavy atom. The molecular weight excluding hydrogens is 378 g/mol. The van der Waals surface area contributed by atoms with Crippen LogP contribution in [0.2, 0.25) is 0 Å². The van der Waals surface area contributed by atoms with E-state index in [1.54, 1.807) is 19.2 Å². The molecule has 0 unspecified atom stereocenters. The minimum Gasteiger partial charge on any atom is -0.369 e. The highest BCUT2D eigenvalue weighted by atomic mass is 16.2. The molecule has 152 valence electrons. The van der Waals surface area contributed by atoms with Crippen LogP contribution >= 0.6 is 0 Å². The van der Waals surface area contributed by atoms with Crippen molar-refractivity contribution in [3.63, 3.8) is 0 Å². The second kappa shape index (κ2) is 8.24. The van der Waals surface area contributed by atoms with Crippen LogP contribution in [0.3, 0.4) is 0 Å². The Morgan fingerprint density at radius 1 is 1.10 bits per heavy atom. The number of anilines is 2. The van der Waals surface area contributed by atoms with Gasteiger partial charge in [-0.3, -0.25) is 14.7 Å². The maximum absolute atomic E-state index is 12.8. The number of aromatic amines is 1. The molecule has 2 aromatic carbocycles. The fourth-order valence-electron chi connectivity index (χ4n) is 3.52. The van der Waals surface area contributed by atoms with Crippen molar-refractivity contribution in [2.24, 2.45) is 0 Å². The molecular formula is C23H23N5O2. The molecule has 0 radical (unpaired) electrons. The molecule has 2 N–H and O–H groups in total. The van der Waals surface area contributed by atoms with Gasteiger partial charge in [0.15, 0.2) is 5.65 Å². The lowest BCUT2D eigenvalue weighted by Crippen LogP contribution is -2.27. The van der Waals surface area contributed by atoms with Crippen molar-refractivity contribution in [3.05, 3.63) is 94.0 Å². The molecule has 0 saturated heterocycles. The summed E-state index contributed by atoms with van der Waals surface area (Å²) in [5, 5.41) is 5.78. The number of rotatable bonds is 6. The van der Waals surface area contributed by atoms with Gasteiger partial charge in [-0.25, -0.2) is 9.50 Å². The summed E-state index contributed by atoms with van der Waals surface area (Å²) in [5.41, 5.74) is 4.00. The van der Waals surface area contributed by atoms with Crippen molar-refractivity contribution in [2.75, 3.05) is 17.3 Å². The molecule has 0 spiro atoms. The number of aromatic nitrogens is 3. The summed E-state index contributed by atoms with van der Waals surface area (Å²) in [6.45, 7) is 2.46. The van der Waals surface area contributed by atoms with Gasteiger partial charge >= 0.3 is 0 Å². The Kier molecular flexibility index (Phi) is 5.34. The molecule has 7 heteroatoms. The van der Waals surface area contributed by atoms with Crippen LogP contribution in [-0.2, 0) is 17.8 Å². The largest absolute Gasteiger partial charge is 0.369 e. The van der Waals surface area contributed by atoms with Crippen LogP contribution < -0.4 is 15.8 Å². The Balaban J connectivity index is 1.54. The Morgan fingerprint density at radius 3 is 2.63 bits per heavy atom. The smallest absolute Gasteiger partial charge is 0.276 e. The number of hydrogen-bond donors (Lipinski definition) is 2. The van der Waals surface area contributed by atoms with Gasteiger partial charge in [-0.2, -0.15) is 0 Å². The van der Waals surface area contributed by atoms with Gasteiger partial charge in [0.05, 0.1) is 17.8 Å². The first-order valence-corrected chi connectivity index (χ1v) is 9.72. The minimum absolute atomic E-state index is 0.0453. The number of nitrogens with zero attached hydrogens (tertiary/aromatic N) is 3. The van der Waals surface area contributed by atoms with Crippen LogP contribution in [0.15, 0.2) is 71.7 Å². The van der Waals surface area contributed by atoms with E-state index in [0.717, 1.165) is 5.69 Å². The number of aryl methyl sites for hydroxylation is 1. The summed E-state index contributed by atoms with van der Waals surface area (Å²) >= 11 is 0. The molecule has 4 rings (SSSR count). The highest BCUT2D eigenvalue weighted by Gasteiger charge is 2.16. The molecule has 0 bridgehead atoms. The summed E-state index contributed by atoms with van der Waals surface area (Å²) in [5.74, 6) is -0.260. The van der Waals surface area contributed by atoms with Gasteiger partial charge < -0.3 is 10.2 Å². The van der Waals surface area contributed by atoms with E-state index >= 15 is 0 Å². The maximum Gasteiger partial charge on any atom is 0.276 e. The predicted molar refractivity (Wildman–Crippen MR) is 118 cm³/mol. The summed E-state index contributed by atoms with van der Waals surface area (Å²) in [7, 11) is 1.98. The average molecular weight is 401 g/mol. The van der Waals surface area contributed by atoms with Gasteiger partial charge in [0.25, 0.3) is 5.56 Å². The first kappa shape index (κ1) is 19.4. The zero-order valence-corrected chi connectivity index (χ0v) is 16.9.